The lowest BCUT2D eigenvalue weighted by Gasteiger charge is -2.35. The number of hydrogen-bond donors (Lipinski definition) is 0. The highest BCUT2D eigenvalue weighted by atomic mass is 79.9. The SMILES string of the molecule is O=C(CCn1nc(C(F)(F)F)c(Br)c1C1CC1)N1CCN(Cc2c(Cl)cccc2Cl)CC1. The molecule has 2 aliphatic rings. The van der Waals surface area contributed by atoms with Gasteiger partial charge in [-0.25, -0.2) is 0 Å². The number of piperazine rings is 1. The Bertz CT molecular complexity index is 981. The van der Waals surface area contributed by atoms with Gasteiger partial charge >= 0.3 is 6.18 Å². The van der Waals surface area contributed by atoms with Crippen LogP contribution >= 0.6 is 39.1 Å². The van der Waals surface area contributed by atoms with Gasteiger partial charge in [0.05, 0.1) is 16.7 Å². The number of halogens is 6. The maximum Gasteiger partial charge on any atom is 0.436 e. The van der Waals surface area contributed by atoms with Crippen LogP contribution in [0.15, 0.2) is 22.7 Å². The van der Waals surface area contributed by atoms with E-state index in [0.29, 0.717) is 48.5 Å². The molecule has 1 saturated carbocycles. The molecule has 2 heterocycles. The average molecular weight is 554 g/mol. The molecule has 1 amide bonds. The fourth-order valence-electron chi connectivity index (χ4n) is 3.97. The second-order valence-corrected chi connectivity index (χ2v) is 9.76. The molecule has 11 heteroatoms. The Morgan fingerprint density at radius 1 is 1.12 bits per heavy atom. The van der Waals surface area contributed by atoms with Gasteiger partial charge in [-0.2, -0.15) is 18.3 Å². The lowest BCUT2D eigenvalue weighted by Crippen LogP contribution is -2.48. The number of amides is 1. The second-order valence-electron chi connectivity index (χ2n) is 8.15. The molecule has 5 nitrogen and oxygen atoms in total. The zero-order valence-corrected chi connectivity index (χ0v) is 20.2. The van der Waals surface area contributed by atoms with Gasteiger partial charge in [-0.3, -0.25) is 14.4 Å². The van der Waals surface area contributed by atoms with Crippen molar-refractivity contribution in [3.63, 3.8) is 0 Å². The van der Waals surface area contributed by atoms with Gasteiger partial charge in [-0.05, 0) is 40.9 Å². The fourth-order valence-corrected chi connectivity index (χ4v) is 5.32. The van der Waals surface area contributed by atoms with Gasteiger partial charge in [0.15, 0.2) is 5.69 Å². The fraction of sp³-hybridized carbons (Fsp3) is 0.524. The van der Waals surface area contributed by atoms with Crippen molar-refractivity contribution in [2.45, 2.75) is 44.4 Å². The van der Waals surface area contributed by atoms with E-state index in [1.165, 1.54) is 4.68 Å². The van der Waals surface area contributed by atoms with Crippen molar-refractivity contribution in [3.8, 4) is 0 Å². The lowest BCUT2D eigenvalue weighted by molar-refractivity contribution is -0.142. The Labute approximate surface area is 202 Å². The summed E-state index contributed by atoms with van der Waals surface area (Å²) in [7, 11) is 0. The van der Waals surface area contributed by atoms with Gasteiger partial charge in [0.25, 0.3) is 0 Å². The van der Waals surface area contributed by atoms with Crippen LogP contribution in [0.3, 0.4) is 0 Å². The van der Waals surface area contributed by atoms with E-state index in [4.69, 9.17) is 23.2 Å². The Morgan fingerprint density at radius 2 is 1.75 bits per heavy atom. The topological polar surface area (TPSA) is 41.4 Å². The molecule has 174 valence electrons. The molecule has 32 heavy (non-hydrogen) atoms. The molecule has 2 fully saturated rings. The Kier molecular flexibility index (Phi) is 7.10. The molecule has 1 aromatic carbocycles. The highest BCUT2D eigenvalue weighted by Gasteiger charge is 2.41. The van der Waals surface area contributed by atoms with E-state index in [-0.39, 0.29) is 29.3 Å². The maximum atomic E-state index is 13.3. The molecule has 0 bridgehead atoms. The average Bonchev–Trinajstić information content (AvgIpc) is 3.51. The van der Waals surface area contributed by atoms with E-state index >= 15 is 0 Å². The third-order valence-electron chi connectivity index (χ3n) is 5.87. The molecule has 1 saturated heterocycles. The molecule has 0 atom stereocenters. The van der Waals surface area contributed by atoms with Crippen LogP contribution in [-0.2, 0) is 24.1 Å². The number of alkyl halides is 3. The number of aromatic nitrogens is 2. The zero-order chi connectivity index (χ0) is 23.0. The lowest BCUT2D eigenvalue weighted by atomic mass is 10.2. The molecule has 1 aliphatic heterocycles. The Morgan fingerprint density at radius 3 is 2.31 bits per heavy atom. The first-order valence-corrected chi connectivity index (χ1v) is 12.0. The molecule has 1 aliphatic carbocycles. The summed E-state index contributed by atoms with van der Waals surface area (Å²) in [4.78, 5) is 16.7. The first kappa shape index (κ1) is 23.9. The zero-order valence-electron chi connectivity index (χ0n) is 17.1. The van der Waals surface area contributed by atoms with Crippen LogP contribution in [0.1, 0.15) is 42.1 Å². The van der Waals surface area contributed by atoms with E-state index in [9.17, 15) is 18.0 Å². The van der Waals surface area contributed by atoms with Crippen LogP contribution in [0.5, 0.6) is 0 Å². The number of carbonyl (C=O) groups is 1. The summed E-state index contributed by atoms with van der Waals surface area (Å²) in [6, 6.07) is 5.40. The largest absolute Gasteiger partial charge is 0.436 e. The Balaban J connectivity index is 1.33. The second kappa shape index (κ2) is 9.52. The van der Waals surface area contributed by atoms with Gasteiger partial charge in [0, 0.05) is 60.7 Å². The number of rotatable bonds is 6. The quantitative estimate of drug-likeness (QED) is 0.469. The summed E-state index contributed by atoms with van der Waals surface area (Å²) in [6.45, 7) is 3.18. The van der Waals surface area contributed by atoms with E-state index < -0.39 is 11.9 Å². The molecule has 0 N–H and O–H groups in total. The first-order chi connectivity index (χ1) is 15.1. The predicted molar refractivity (Wildman–Crippen MR) is 120 cm³/mol. The van der Waals surface area contributed by atoms with E-state index in [0.717, 1.165) is 18.4 Å². The summed E-state index contributed by atoms with van der Waals surface area (Å²) in [5.74, 6) is -0.00869. The molecule has 0 radical (unpaired) electrons. The third kappa shape index (κ3) is 5.26. The van der Waals surface area contributed by atoms with Crippen molar-refractivity contribution in [1.29, 1.82) is 0 Å². The van der Waals surface area contributed by atoms with Gasteiger partial charge in [0.1, 0.15) is 0 Å². The number of benzene rings is 1. The van der Waals surface area contributed by atoms with Crippen molar-refractivity contribution in [2.75, 3.05) is 26.2 Å². The number of carbonyl (C=O) groups excluding carboxylic acids is 1. The predicted octanol–water partition coefficient (Wildman–Crippen LogP) is 5.58. The van der Waals surface area contributed by atoms with Gasteiger partial charge < -0.3 is 4.90 Å². The van der Waals surface area contributed by atoms with Crippen molar-refractivity contribution >= 4 is 45.0 Å². The minimum atomic E-state index is -4.53. The Hall–Kier alpha value is -1.29. The van der Waals surface area contributed by atoms with Gasteiger partial charge in [0.2, 0.25) is 5.91 Å². The molecule has 0 spiro atoms. The van der Waals surface area contributed by atoms with Crippen LogP contribution in [0, 0.1) is 0 Å². The number of hydrogen-bond acceptors (Lipinski definition) is 3. The third-order valence-corrected chi connectivity index (χ3v) is 7.36. The van der Waals surface area contributed by atoms with Crippen molar-refractivity contribution < 1.29 is 18.0 Å². The summed E-state index contributed by atoms with van der Waals surface area (Å²) in [6.07, 6.45) is -2.74. The number of nitrogens with zero attached hydrogens (tertiary/aromatic N) is 4. The van der Waals surface area contributed by atoms with Gasteiger partial charge in [-0.15, -0.1) is 0 Å². The highest BCUT2D eigenvalue weighted by molar-refractivity contribution is 9.10. The van der Waals surface area contributed by atoms with Crippen LogP contribution in [0.2, 0.25) is 10.0 Å². The monoisotopic (exact) mass is 552 g/mol. The van der Waals surface area contributed by atoms with E-state index in [1.807, 2.05) is 0 Å². The van der Waals surface area contributed by atoms with Crippen LogP contribution in [0.25, 0.3) is 0 Å². The minimum absolute atomic E-state index is 0.00629. The summed E-state index contributed by atoms with van der Waals surface area (Å²) >= 11 is 15.6. The molecule has 2 aromatic rings. The van der Waals surface area contributed by atoms with Gasteiger partial charge in [-0.1, -0.05) is 29.3 Å². The summed E-state index contributed by atoms with van der Waals surface area (Å²) in [5.41, 5.74) is 0.498. The number of aryl methyl sites for hydroxylation is 1. The molecule has 1 aromatic heterocycles. The van der Waals surface area contributed by atoms with E-state index in [1.54, 1.807) is 23.1 Å². The molecular formula is C21H22BrCl2F3N4O. The van der Waals surface area contributed by atoms with Crippen molar-refractivity contribution in [3.05, 3.63) is 49.7 Å². The minimum Gasteiger partial charge on any atom is -0.340 e. The van der Waals surface area contributed by atoms with Crippen molar-refractivity contribution in [1.82, 2.24) is 19.6 Å². The van der Waals surface area contributed by atoms with Crippen LogP contribution in [0.4, 0.5) is 13.2 Å². The van der Waals surface area contributed by atoms with Crippen LogP contribution in [-0.4, -0.2) is 51.7 Å². The van der Waals surface area contributed by atoms with E-state index in [2.05, 4.69) is 25.9 Å². The molecule has 4 rings (SSSR count). The standard InChI is InChI=1S/C21H22BrCl2F3N4O/c22-18-19(13-4-5-13)31(28-20(18)21(25,26)27)7-6-17(32)30-10-8-29(9-11-30)12-14-15(23)2-1-3-16(14)24/h1-3,13H,4-12H2. The smallest absolute Gasteiger partial charge is 0.340 e. The first-order valence-electron chi connectivity index (χ1n) is 10.4. The maximum absolute atomic E-state index is 13.3. The molecular weight excluding hydrogens is 532 g/mol. The van der Waals surface area contributed by atoms with Crippen LogP contribution < -0.4 is 0 Å². The molecule has 0 unspecified atom stereocenters. The highest BCUT2D eigenvalue weighted by Crippen LogP contribution is 2.47. The van der Waals surface area contributed by atoms with Crippen molar-refractivity contribution in [2.24, 2.45) is 0 Å². The normalized spacial score (nSPS) is 17.8. The summed E-state index contributed by atoms with van der Waals surface area (Å²) < 4.78 is 41.1. The summed E-state index contributed by atoms with van der Waals surface area (Å²) in [5, 5.41) is 5.01.